The van der Waals surface area contributed by atoms with Gasteiger partial charge in [0.2, 0.25) is 0 Å². The van der Waals surface area contributed by atoms with E-state index in [4.69, 9.17) is 10.4 Å². The Bertz CT molecular complexity index is 798. The van der Waals surface area contributed by atoms with Crippen LogP contribution in [0.4, 0.5) is 13.2 Å². The van der Waals surface area contributed by atoms with Crippen molar-refractivity contribution < 1.29 is 37.2 Å². The van der Waals surface area contributed by atoms with Gasteiger partial charge in [0.1, 0.15) is 17.5 Å². The summed E-state index contributed by atoms with van der Waals surface area (Å²) < 4.78 is 38.1. The van der Waals surface area contributed by atoms with Gasteiger partial charge in [-0.15, -0.1) is 11.3 Å². The first-order valence-corrected chi connectivity index (χ1v) is 7.77. The van der Waals surface area contributed by atoms with E-state index in [1.165, 1.54) is 11.3 Å². The Labute approximate surface area is 149 Å². The largest absolute Gasteiger partial charge is 0.490 e. The maximum atomic E-state index is 11.0. The molecule has 138 valence electrons. The summed E-state index contributed by atoms with van der Waals surface area (Å²) in [6.07, 6.45) is -1.13. The number of hydrogen-bond donors (Lipinski definition) is 1. The van der Waals surface area contributed by atoms with Crippen LogP contribution in [0.5, 0.6) is 0 Å². The standard InChI is InChI=1S/C12H9N3O2S.C3H3F3O2/c13-7-10-8-18-12(14-10)9-1-4-15(5-2-9)6-3-11(16)17;1-8-2(7)3(4,5)6/h1-2,4-5,8H,3,6H2;1H3/p+1. The Morgan fingerprint density at radius 1 is 1.38 bits per heavy atom. The molecule has 0 saturated carbocycles. The number of rotatable bonds is 4. The fraction of sp³-hybridized carbons (Fsp3) is 0.267. The Kier molecular flexibility index (Phi) is 7.67. The number of carbonyl (C=O) groups excluding carboxylic acids is 1. The molecule has 0 aliphatic rings. The summed E-state index contributed by atoms with van der Waals surface area (Å²) in [5.74, 6) is -2.98. The van der Waals surface area contributed by atoms with Crippen LogP contribution in [0.25, 0.3) is 10.6 Å². The number of aliphatic carboxylic acids is 1. The molecule has 0 aromatic carbocycles. The first-order chi connectivity index (χ1) is 12.2. The first-order valence-electron chi connectivity index (χ1n) is 6.89. The molecule has 0 aliphatic carbocycles. The second-order valence-electron chi connectivity index (χ2n) is 4.61. The lowest BCUT2D eigenvalue weighted by molar-refractivity contribution is -0.695. The van der Waals surface area contributed by atoms with Gasteiger partial charge >= 0.3 is 18.1 Å². The number of carboxylic acids is 1. The molecule has 26 heavy (non-hydrogen) atoms. The molecule has 2 heterocycles. The number of carbonyl (C=O) groups is 2. The Hall–Kier alpha value is -3.00. The molecule has 0 unspecified atom stereocenters. The molecule has 7 nitrogen and oxygen atoms in total. The number of halogens is 3. The number of alkyl halides is 3. The van der Waals surface area contributed by atoms with Gasteiger partial charge in [0.15, 0.2) is 24.6 Å². The van der Waals surface area contributed by atoms with Crippen molar-refractivity contribution in [3.8, 4) is 16.6 Å². The van der Waals surface area contributed by atoms with Crippen molar-refractivity contribution in [3.63, 3.8) is 0 Å². The number of aryl methyl sites for hydroxylation is 1. The van der Waals surface area contributed by atoms with Gasteiger partial charge in [-0.05, 0) is 0 Å². The van der Waals surface area contributed by atoms with Gasteiger partial charge < -0.3 is 9.84 Å². The minimum Gasteiger partial charge on any atom is -0.481 e. The van der Waals surface area contributed by atoms with Crippen LogP contribution in [0, 0.1) is 11.3 Å². The highest BCUT2D eigenvalue weighted by Crippen LogP contribution is 2.22. The summed E-state index contributed by atoms with van der Waals surface area (Å²) >= 11 is 1.41. The summed E-state index contributed by atoms with van der Waals surface area (Å²) in [6.45, 7) is 0.441. The number of nitrogens with zero attached hydrogens (tertiary/aromatic N) is 3. The van der Waals surface area contributed by atoms with Crippen LogP contribution in [-0.2, 0) is 20.9 Å². The van der Waals surface area contributed by atoms with Crippen molar-refractivity contribution in [2.45, 2.75) is 19.1 Å². The quantitative estimate of drug-likeness (QED) is 0.636. The Morgan fingerprint density at radius 2 is 2.00 bits per heavy atom. The van der Waals surface area contributed by atoms with Crippen molar-refractivity contribution in [2.75, 3.05) is 7.11 Å². The predicted octanol–water partition coefficient (Wildman–Crippen LogP) is 2.17. The highest BCUT2D eigenvalue weighted by Gasteiger charge is 2.40. The van der Waals surface area contributed by atoms with E-state index in [0.29, 0.717) is 19.3 Å². The van der Waals surface area contributed by atoms with Gasteiger partial charge in [-0.25, -0.2) is 14.3 Å². The lowest BCUT2D eigenvalue weighted by atomic mass is 10.3. The smallest absolute Gasteiger partial charge is 0.481 e. The minimum atomic E-state index is -4.85. The SMILES string of the molecule is COC(=O)C(F)(F)F.N#Cc1csc(-c2cc[n+](CCC(=O)O)cc2)n1. The number of pyridine rings is 1. The van der Waals surface area contributed by atoms with E-state index >= 15 is 0 Å². The minimum absolute atomic E-state index is 0.0971. The second kappa shape index (κ2) is 9.47. The van der Waals surface area contributed by atoms with E-state index in [0.717, 1.165) is 10.6 Å². The molecule has 0 bridgehead atoms. The third-order valence-corrected chi connectivity index (χ3v) is 3.65. The van der Waals surface area contributed by atoms with Gasteiger partial charge in [-0.2, -0.15) is 18.4 Å². The summed E-state index contributed by atoms with van der Waals surface area (Å²) in [6, 6.07) is 5.72. The second-order valence-corrected chi connectivity index (χ2v) is 5.47. The molecular weight excluding hydrogens is 375 g/mol. The molecule has 0 spiro atoms. The summed E-state index contributed by atoms with van der Waals surface area (Å²) in [7, 11) is 0.676. The van der Waals surface area contributed by atoms with Crippen molar-refractivity contribution in [1.29, 1.82) is 5.26 Å². The fourth-order valence-electron chi connectivity index (χ4n) is 1.55. The zero-order chi connectivity index (χ0) is 19.7. The molecule has 2 rings (SSSR count). The molecule has 0 radical (unpaired) electrons. The molecule has 0 aliphatic heterocycles. The van der Waals surface area contributed by atoms with E-state index in [9.17, 15) is 22.8 Å². The van der Waals surface area contributed by atoms with Crippen LogP contribution in [-0.4, -0.2) is 35.3 Å². The summed E-state index contributed by atoms with van der Waals surface area (Å²) in [4.78, 5) is 24.1. The Balaban J connectivity index is 0.000000359. The van der Waals surface area contributed by atoms with E-state index in [1.807, 2.05) is 30.6 Å². The van der Waals surface area contributed by atoms with Crippen LogP contribution in [0.3, 0.4) is 0 Å². The molecule has 0 saturated heterocycles. The van der Waals surface area contributed by atoms with Gasteiger partial charge in [0.05, 0.1) is 7.11 Å². The van der Waals surface area contributed by atoms with Crippen LogP contribution in [0.15, 0.2) is 29.9 Å². The lowest BCUT2D eigenvalue weighted by Gasteiger charge is -1.99. The number of thiazole rings is 1. The van der Waals surface area contributed by atoms with Crippen LogP contribution < -0.4 is 4.57 Å². The lowest BCUT2D eigenvalue weighted by Crippen LogP contribution is -2.33. The average molecular weight is 388 g/mol. The van der Waals surface area contributed by atoms with Crippen molar-refractivity contribution in [3.05, 3.63) is 35.6 Å². The maximum Gasteiger partial charge on any atom is 0.490 e. The van der Waals surface area contributed by atoms with E-state index in [-0.39, 0.29) is 6.42 Å². The fourth-order valence-corrected chi connectivity index (χ4v) is 2.30. The van der Waals surface area contributed by atoms with Crippen molar-refractivity contribution in [2.24, 2.45) is 0 Å². The number of hydrogen-bond acceptors (Lipinski definition) is 6. The van der Waals surface area contributed by atoms with Gasteiger partial charge in [0, 0.05) is 23.1 Å². The zero-order valence-electron chi connectivity index (χ0n) is 13.4. The molecule has 0 atom stereocenters. The van der Waals surface area contributed by atoms with Gasteiger partial charge in [-0.1, -0.05) is 0 Å². The van der Waals surface area contributed by atoms with Crippen LogP contribution >= 0.6 is 11.3 Å². The first kappa shape index (κ1) is 21.0. The van der Waals surface area contributed by atoms with E-state index in [1.54, 1.807) is 9.95 Å². The molecular formula is C15H13F3N3O4S+. The number of aromatic nitrogens is 2. The molecule has 1 N–H and O–H groups in total. The molecule has 2 aromatic heterocycles. The Morgan fingerprint density at radius 3 is 2.38 bits per heavy atom. The van der Waals surface area contributed by atoms with E-state index < -0.39 is 18.1 Å². The highest BCUT2D eigenvalue weighted by atomic mass is 32.1. The zero-order valence-corrected chi connectivity index (χ0v) is 14.2. The topological polar surface area (TPSA) is 104 Å². The highest BCUT2D eigenvalue weighted by molar-refractivity contribution is 7.13. The molecule has 2 aromatic rings. The average Bonchev–Trinajstić information content (AvgIpc) is 3.08. The summed E-state index contributed by atoms with van der Waals surface area (Å²) in [5, 5.41) is 19.8. The van der Waals surface area contributed by atoms with Crippen molar-refractivity contribution in [1.82, 2.24) is 4.98 Å². The molecule has 0 fully saturated rings. The van der Waals surface area contributed by atoms with Crippen molar-refractivity contribution >= 4 is 23.3 Å². The maximum absolute atomic E-state index is 11.0. The normalized spacial score (nSPS) is 10.3. The summed E-state index contributed by atoms with van der Waals surface area (Å²) in [5.41, 5.74) is 1.34. The van der Waals surface area contributed by atoms with E-state index in [2.05, 4.69) is 9.72 Å². The van der Waals surface area contributed by atoms with Gasteiger partial charge in [-0.3, -0.25) is 4.79 Å². The third-order valence-electron chi connectivity index (χ3n) is 2.76. The number of methoxy groups -OCH3 is 1. The molecule has 11 heteroatoms. The number of carboxylic acid groups (broad SMARTS) is 1. The predicted molar refractivity (Wildman–Crippen MR) is 82.8 cm³/mol. The third kappa shape index (κ3) is 6.86. The number of ether oxygens (including phenoxy) is 1. The van der Waals surface area contributed by atoms with Gasteiger partial charge in [0.25, 0.3) is 0 Å². The molecule has 0 amide bonds. The monoisotopic (exact) mass is 388 g/mol. The number of nitriles is 1. The van der Waals surface area contributed by atoms with Crippen LogP contribution in [0.1, 0.15) is 12.1 Å². The number of esters is 1. The van der Waals surface area contributed by atoms with Crippen LogP contribution in [0.2, 0.25) is 0 Å².